The lowest BCUT2D eigenvalue weighted by molar-refractivity contribution is 0.798. The SMILES string of the molecule is c1cc(Cn2ccnc2)c2cccc(Cn3ccnc3)c2c1. The third-order valence-corrected chi connectivity index (χ3v) is 3.93. The van der Waals surface area contributed by atoms with Crippen molar-refractivity contribution in [1.29, 1.82) is 0 Å². The molecule has 0 aliphatic rings. The molecule has 0 aliphatic heterocycles. The molecule has 4 nitrogen and oxygen atoms in total. The molecule has 0 saturated heterocycles. The van der Waals surface area contributed by atoms with E-state index in [1.807, 2.05) is 37.4 Å². The number of rotatable bonds is 4. The Morgan fingerprint density at radius 2 is 1.18 bits per heavy atom. The van der Waals surface area contributed by atoms with E-state index in [1.54, 1.807) is 0 Å². The van der Waals surface area contributed by atoms with Gasteiger partial charge < -0.3 is 9.13 Å². The highest BCUT2D eigenvalue weighted by Crippen LogP contribution is 2.24. The molecule has 4 aromatic rings. The summed E-state index contributed by atoms with van der Waals surface area (Å²) in [6.45, 7) is 1.68. The van der Waals surface area contributed by atoms with Gasteiger partial charge in [-0.1, -0.05) is 36.4 Å². The zero-order valence-corrected chi connectivity index (χ0v) is 12.1. The molecule has 0 bridgehead atoms. The van der Waals surface area contributed by atoms with E-state index in [0.29, 0.717) is 0 Å². The number of aromatic nitrogens is 4. The highest BCUT2D eigenvalue weighted by molar-refractivity contribution is 5.88. The van der Waals surface area contributed by atoms with Gasteiger partial charge in [0, 0.05) is 37.9 Å². The molecule has 22 heavy (non-hydrogen) atoms. The molecule has 0 aliphatic carbocycles. The Bertz CT molecular complexity index is 801. The van der Waals surface area contributed by atoms with Crippen LogP contribution < -0.4 is 0 Å². The van der Waals surface area contributed by atoms with Crippen molar-refractivity contribution < 1.29 is 0 Å². The second kappa shape index (κ2) is 5.48. The van der Waals surface area contributed by atoms with Crippen molar-refractivity contribution in [1.82, 2.24) is 19.1 Å². The van der Waals surface area contributed by atoms with Crippen LogP contribution in [0.1, 0.15) is 11.1 Å². The smallest absolute Gasteiger partial charge is 0.0949 e. The lowest BCUT2D eigenvalue weighted by Crippen LogP contribution is -2.00. The summed E-state index contributed by atoms with van der Waals surface area (Å²) < 4.78 is 4.19. The largest absolute Gasteiger partial charge is 0.333 e. The fourth-order valence-corrected chi connectivity index (χ4v) is 2.87. The first-order chi connectivity index (χ1) is 10.9. The maximum absolute atomic E-state index is 4.12. The van der Waals surface area contributed by atoms with Crippen molar-refractivity contribution in [3.63, 3.8) is 0 Å². The Balaban J connectivity index is 1.77. The Labute approximate surface area is 128 Å². The molecule has 0 spiro atoms. The van der Waals surface area contributed by atoms with Gasteiger partial charge in [-0.15, -0.1) is 0 Å². The number of hydrogen-bond donors (Lipinski definition) is 0. The molecule has 0 saturated carbocycles. The Kier molecular flexibility index (Phi) is 3.20. The van der Waals surface area contributed by atoms with Gasteiger partial charge in [-0.05, 0) is 21.9 Å². The molecule has 108 valence electrons. The average molecular weight is 288 g/mol. The molecule has 0 atom stereocenters. The predicted molar refractivity (Wildman–Crippen MR) is 86.6 cm³/mol. The molecule has 4 rings (SSSR count). The Hall–Kier alpha value is -2.88. The number of nitrogens with zero attached hydrogens (tertiary/aromatic N) is 4. The van der Waals surface area contributed by atoms with Crippen molar-refractivity contribution in [3.05, 3.63) is 85.0 Å². The van der Waals surface area contributed by atoms with Crippen LogP contribution >= 0.6 is 0 Å². The molecule has 0 N–H and O–H groups in total. The van der Waals surface area contributed by atoms with Gasteiger partial charge in [0.05, 0.1) is 12.7 Å². The molecular formula is C18H16N4. The minimum atomic E-state index is 0.839. The van der Waals surface area contributed by atoms with Crippen LogP contribution in [0.25, 0.3) is 10.8 Å². The first-order valence-electron chi connectivity index (χ1n) is 7.31. The van der Waals surface area contributed by atoms with Gasteiger partial charge in [-0.3, -0.25) is 0 Å². The topological polar surface area (TPSA) is 35.6 Å². The predicted octanol–water partition coefficient (Wildman–Crippen LogP) is 3.33. The molecule has 4 heteroatoms. The molecule has 0 unspecified atom stereocenters. The first kappa shape index (κ1) is 12.8. The standard InChI is InChI=1S/C18H16N4/c1-3-15(11-21-9-7-19-13-21)18-6-2-4-16(17(18)5-1)12-22-10-8-20-14-22/h1-10,13-14H,11-12H2. The van der Waals surface area contributed by atoms with Crippen molar-refractivity contribution >= 4 is 10.8 Å². The second-order valence-electron chi connectivity index (χ2n) is 5.40. The van der Waals surface area contributed by atoms with E-state index in [4.69, 9.17) is 0 Å². The van der Waals surface area contributed by atoms with Crippen LogP contribution in [0.2, 0.25) is 0 Å². The third kappa shape index (κ3) is 2.39. The van der Waals surface area contributed by atoms with E-state index >= 15 is 0 Å². The summed E-state index contributed by atoms with van der Waals surface area (Å²) >= 11 is 0. The van der Waals surface area contributed by atoms with Crippen LogP contribution in [0, 0.1) is 0 Å². The Morgan fingerprint density at radius 3 is 1.59 bits per heavy atom. The zero-order valence-electron chi connectivity index (χ0n) is 12.1. The highest BCUT2D eigenvalue weighted by atomic mass is 15.0. The number of fused-ring (bicyclic) bond motifs is 1. The summed E-state index contributed by atoms with van der Waals surface area (Å²) in [5.41, 5.74) is 2.62. The van der Waals surface area contributed by atoms with E-state index in [2.05, 4.69) is 55.5 Å². The fourth-order valence-electron chi connectivity index (χ4n) is 2.87. The van der Waals surface area contributed by atoms with Gasteiger partial charge in [0.1, 0.15) is 0 Å². The zero-order chi connectivity index (χ0) is 14.8. The monoisotopic (exact) mass is 288 g/mol. The quantitative estimate of drug-likeness (QED) is 0.577. The van der Waals surface area contributed by atoms with Crippen LogP contribution in [0.15, 0.2) is 73.8 Å². The van der Waals surface area contributed by atoms with Crippen LogP contribution in [0.3, 0.4) is 0 Å². The molecule has 2 aromatic carbocycles. The normalized spacial score (nSPS) is 11.1. The average Bonchev–Trinajstić information content (AvgIpc) is 3.22. The summed E-state index contributed by atoms with van der Waals surface area (Å²) in [4.78, 5) is 8.24. The van der Waals surface area contributed by atoms with E-state index in [9.17, 15) is 0 Å². The number of hydrogen-bond acceptors (Lipinski definition) is 2. The van der Waals surface area contributed by atoms with Crippen molar-refractivity contribution in [2.75, 3.05) is 0 Å². The highest BCUT2D eigenvalue weighted by Gasteiger charge is 2.06. The summed E-state index contributed by atoms with van der Waals surface area (Å²) in [7, 11) is 0. The van der Waals surface area contributed by atoms with Crippen molar-refractivity contribution in [3.8, 4) is 0 Å². The maximum atomic E-state index is 4.12. The molecule has 0 amide bonds. The van der Waals surface area contributed by atoms with Crippen LogP contribution in [-0.2, 0) is 13.1 Å². The fraction of sp³-hybridized carbons (Fsp3) is 0.111. The Morgan fingerprint density at radius 1 is 0.682 bits per heavy atom. The van der Waals surface area contributed by atoms with Crippen LogP contribution in [0.5, 0.6) is 0 Å². The first-order valence-corrected chi connectivity index (χ1v) is 7.31. The summed E-state index contributed by atoms with van der Waals surface area (Å²) in [6.07, 6.45) is 11.3. The van der Waals surface area contributed by atoms with Gasteiger partial charge >= 0.3 is 0 Å². The van der Waals surface area contributed by atoms with Gasteiger partial charge in [-0.25, -0.2) is 9.97 Å². The number of imidazole rings is 2. The van der Waals surface area contributed by atoms with Gasteiger partial charge in [0.25, 0.3) is 0 Å². The number of benzene rings is 2. The summed E-state index contributed by atoms with van der Waals surface area (Å²) in [5, 5.41) is 2.60. The molecule has 2 heterocycles. The third-order valence-electron chi connectivity index (χ3n) is 3.93. The lowest BCUT2D eigenvalue weighted by atomic mass is 10.00. The molecular weight excluding hydrogens is 272 g/mol. The summed E-state index contributed by atoms with van der Waals surface area (Å²) in [6, 6.07) is 13.0. The summed E-state index contributed by atoms with van der Waals surface area (Å²) in [5.74, 6) is 0. The van der Waals surface area contributed by atoms with Crippen molar-refractivity contribution in [2.45, 2.75) is 13.1 Å². The second-order valence-corrected chi connectivity index (χ2v) is 5.40. The molecule has 0 fully saturated rings. The van der Waals surface area contributed by atoms with E-state index in [0.717, 1.165) is 13.1 Å². The molecule has 2 aromatic heterocycles. The van der Waals surface area contributed by atoms with Gasteiger partial charge in [0.2, 0.25) is 0 Å². The molecule has 0 radical (unpaired) electrons. The minimum Gasteiger partial charge on any atom is -0.333 e. The van der Waals surface area contributed by atoms with Crippen LogP contribution in [0.4, 0.5) is 0 Å². The van der Waals surface area contributed by atoms with E-state index < -0.39 is 0 Å². The van der Waals surface area contributed by atoms with Gasteiger partial charge in [-0.2, -0.15) is 0 Å². The van der Waals surface area contributed by atoms with E-state index in [-0.39, 0.29) is 0 Å². The van der Waals surface area contributed by atoms with Crippen molar-refractivity contribution in [2.24, 2.45) is 0 Å². The minimum absolute atomic E-state index is 0.839. The van der Waals surface area contributed by atoms with Gasteiger partial charge in [0.15, 0.2) is 0 Å². The van der Waals surface area contributed by atoms with E-state index in [1.165, 1.54) is 21.9 Å². The maximum Gasteiger partial charge on any atom is 0.0949 e. The van der Waals surface area contributed by atoms with Crippen LogP contribution in [-0.4, -0.2) is 19.1 Å². The lowest BCUT2D eigenvalue weighted by Gasteiger charge is -2.11.